The molecule has 406 valence electrons. The second-order valence-corrected chi connectivity index (χ2v) is 16.3. The molecule has 1 saturated heterocycles. The van der Waals surface area contributed by atoms with Gasteiger partial charge in [-0.25, -0.2) is 0 Å². The van der Waals surface area contributed by atoms with Gasteiger partial charge in [0.05, 0.1) is 198 Å². The summed E-state index contributed by atoms with van der Waals surface area (Å²) in [5.74, 6) is 1.34. The van der Waals surface area contributed by atoms with E-state index < -0.39 is 11.7 Å². The first-order valence-corrected chi connectivity index (χ1v) is 25.1. The number of nitrogens with two attached hydrogens (primary N) is 1. The average Bonchev–Trinajstić information content (AvgIpc) is 3.80. The molecule has 3 N–H and O–H groups in total. The van der Waals surface area contributed by atoms with Crippen molar-refractivity contribution < 1.29 is 81.0 Å². The fraction of sp³-hybridized carbons (Fsp3) is 0.642. The Kier molecular flexibility index (Phi) is 33.4. The molecule has 0 radical (unpaired) electrons. The Hall–Kier alpha value is -3.87. The number of β-amino-alcohol motifs (C(OH)–C–C–N with tert-alkyl or cyclic N) is 1. The predicted octanol–water partition coefficient (Wildman–Crippen LogP) is 3.52. The maximum absolute atomic E-state index is 13.5. The third kappa shape index (κ3) is 24.4. The van der Waals surface area contributed by atoms with Crippen molar-refractivity contribution in [2.75, 3.05) is 192 Å². The minimum Gasteiger partial charge on any atom is -0.497 e. The van der Waals surface area contributed by atoms with Gasteiger partial charge in [0.1, 0.15) is 17.1 Å². The van der Waals surface area contributed by atoms with Crippen molar-refractivity contribution in [2.24, 2.45) is 5.73 Å². The number of likely N-dealkylation sites (tertiary alicyclic amines) is 1. The van der Waals surface area contributed by atoms with E-state index in [-0.39, 0.29) is 38.1 Å². The zero-order chi connectivity index (χ0) is 51.0. The third-order valence-corrected chi connectivity index (χ3v) is 11.2. The van der Waals surface area contributed by atoms with Gasteiger partial charge in [0, 0.05) is 13.1 Å². The van der Waals surface area contributed by atoms with Crippen LogP contribution in [0.5, 0.6) is 11.5 Å². The van der Waals surface area contributed by atoms with Crippen LogP contribution in [0, 0.1) is 0 Å². The van der Waals surface area contributed by atoms with Crippen LogP contribution in [0.15, 0.2) is 78.9 Å². The second kappa shape index (κ2) is 39.6. The summed E-state index contributed by atoms with van der Waals surface area (Å²) in [6.07, 6.45) is -0.0940. The number of ether oxygens (including phenoxy) is 15. The van der Waals surface area contributed by atoms with Gasteiger partial charge in [0.25, 0.3) is 0 Å². The van der Waals surface area contributed by atoms with Crippen LogP contribution in [0.4, 0.5) is 0 Å². The molecule has 1 aliphatic heterocycles. The molecule has 3 aromatic carbocycles. The van der Waals surface area contributed by atoms with Gasteiger partial charge in [0.15, 0.2) is 0 Å². The molecule has 0 spiro atoms. The molecule has 19 heteroatoms. The van der Waals surface area contributed by atoms with Crippen molar-refractivity contribution in [3.8, 4) is 11.5 Å². The molecule has 2 atom stereocenters. The van der Waals surface area contributed by atoms with E-state index in [9.17, 15) is 9.90 Å². The number of carbonyl (C=O) groups excluding carboxylic acids is 1. The quantitative estimate of drug-likeness (QED) is 0.0614. The highest BCUT2D eigenvalue weighted by atomic mass is 16.6. The van der Waals surface area contributed by atoms with Crippen molar-refractivity contribution in [3.05, 3.63) is 95.6 Å². The number of hydrogen-bond acceptors (Lipinski definition) is 18. The summed E-state index contributed by atoms with van der Waals surface area (Å²) in [5.41, 5.74) is 7.00. The van der Waals surface area contributed by atoms with E-state index in [4.69, 9.17) is 76.8 Å². The van der Waals surface area contributed by atoms with Crippen molar-refractivity contribution in [1.29, 1.82) is 0 Å². The summed E-state index contributed by atoms with van der Waals surface area (Å²) in [4.78, 5) is 15.2. The third-order valence-electron chi connectivity index (χ3n) is 11.2. The molecule has 0 aliphatic carbocycles. The minimum atomic E-state index is -1.04. The smallest absolute Gasteiger partial charge is 0.225 e. The van der Waals surface area contributed by atoms with Gasteiger partial charge in [-0.3, -0.25) is 4.79 Å². The molecule has 1 heterocycles. The molecule has 1 amide bonds. The number of benzene rings is 3. The summed E-state index contributed by atoms with van der Waals surface area (Å²) in [7, 11) is 3.27. The number of carbonyl (C=O) groups is 1. The maximum atomic E-state index is 13.5. The first kappa shape index (κ1) is 60.7. The van der Waals surface area contributed by atoms with Crippen LogP contribution in [-0.4, -0.2) is 221 Å². The monoisotopic (exact) mass is 1020 g/mol. The van der Waals surface area contributed by atoms with Crippen LogP contribution < -0.4 is 15.2 Å². The molecule has 0 saturated carbocycles. The van der Waals surface area contributed by atoms with E-state index in [0.29, 0.717) is 165 Å². The SMILES string of the molecule is COc1ccc(C(OC[C@@H]2C[C@@H](O)CN2C(=O)CCOCCOCCOCCOCCOCCOCCOCCOCCOCCOCCOCCOCCN)(c2ccccc2)c2ccc(OC)cc2)cc1. The first-order chi connectivity index (χ1) is 35.5. The normalized spacial score (nSPS) is 14.9. The Morgan fingerprint density at radius 2 is 0.806 bits per heavy atom. The first-order valence-electron chi connectivity index (χ1n) is 25.1. The van der Waals surface area contributed by atoms with E-state index in [2.05, 4.69) is 0 Å². The lowest BCUT2D eigenvalue weighted by Crippen LogP contribution is -2.42. The zero-order valence-electron chi connectivity index (χ0n) is 42.7. The molecule has 0 aromatic heterocycles. The molecule has 0 unspecified atom stereocenters. The summed E-state index contributed by atoms with van der Waals surface area (Å²) in [6.45, 7) is 12.0. The summed E-state index contributed by atoms with van der Waals surface area (Å²) >= 11 is 0. The molecular formula is C53H82N2O17. The number of aliphatic hydroxyl groups excluding tert-OH is 1. The van der Waals surface area contributed by atoms with E-state index in [1.54, 1.807) is 19.1 Å². The van der Waals surface area contributed by atoms with Crippen LogP contribution in [0.2, 0.25) is 0 Å². The van der Waals surface area contributed by atoms with Crippen LogP contribution in [-0.2, 0) is 72.0 Å². The van der Waals surface area contributed by atoms with E-state index in [1.165, 1.54) is 0 Å². The van der Waals surface area contributed by atoms with Crippen LogP contribution in [0.3, 0.4) is 0 Å². The van der Waals surface area contributed by atoms with Crippen LogP contribution in [0.25, 0.3) is 0 Å². The number of hydrogen-bond donors (Lipinski definition) is 2. The van der Waals surface area contributed by atoms with Gasteiger partial charge in [-0.1, -0.05) is 54.6 Å². The number of nitrogens with zero attached hydrogens (tertiary/aromatic N) is 1. The lowest BCUT2D eigenvalue weighted by molar-refractivity contribution is -0.135. The number of amides is 1. The standard InChI is InChI=1S/C53H82N2O17/c1-58-50-12-8-46(9-13-50)53(45-6-4-3-5-7-45,47-10-14-51(59-2)15-11-47)72-44-48-42-49(56)43-55(48)52(57)16-18-60-20-22-62-24-26-64-28-30-66-32-34-68-36-38-70-40-41-71-39-37-69-35-33-67-31-29-65-27-25-63-23-21-61-19-17-54/h3-15,48-49,56H,16-44,54H2,1-2H3/t48-,49+/m0/s1. The zero-order valence-corrected chi connectivity index (χ0v) is 42.7. The van der Waals surface area contributed by atoms with Crippen molar-refractivity contribution >= 4 is 5.91 Å². The molecule has 3 aromatic rings. The maximum Gasteiger partial charge on any atom is 0.225 e. The molecule has 1 aliphatic rings. The Balaban J connectivity index is 0.941. The van der Waals surface area contributed by atoms with Gasteiger partial charge in [0.2, 0.25) is 5.91 Å². The predicted molar refractivity (Wildman–Crippen MR) is 268 cm³/mol. The van der Waals surface area contributed by atoms with Gasteiger partial charge in [-0.15, -0.1) is 0 Å². The van der Waals surface area contributed by atoms with E-state index >= 15 is 0 Å². The van der Waals surface area contributed by atoms with Gasteiger partial charge < -0.3 is 86.8 Å². The fourth-order valence-electron chi connectivity index (χ4n) is 7.56. The molecule has 72 heavy (non-hydrogen) atoms. The van der Waals surface area contributed by atoms with Crippen molar-refractivity contribution in [3.63, 3.8) is 0 Å². The topological polar surface area (TPSA) is 205 Å². The highest BCUT2D eigenvalue weighted by Gasteiger charge is 2.41. The number of methoxy groups -OCH3 is 2. The van der Waals surface area contributed by atoms with Crippen molar-refractivity contribution in [1.82, 2.24) is 4.90 Å². The van der Waals surface area contributed by atoms with Gasteiger partial charge in [-0.2, -0.15) is 0 Å². The number of rotatable bonds is 46. The summed E-state index contributed by atoms with van der Waals surface area (Å²) in [5, 5.41) is 10.8. The van der Waals surface area contributed by atoms with Crippen LogP contribution >= 0.6 is 0 Å². The van der Waals surface area contributed by atoms with E-state index in [1.807, 2.05) is 78.9 Å². The fourth-order valence-corrected chi connectivity index (χ4v) is 7.56. The summed E-state index contributed by atoms with van der Waals surface area (Å²) < 4.78 is 84.1. The van der Waals surface area contributed by atoms with E-state index in [0.717, 1.165) is 28.2 Å². The number of aliphatic hydroxyl groups is 1. The minimum absolute atomic E-state index is 0.106. The highest BCUT2D eigenvalue weighted by Crippen LogP contribution is 2.42. The second-order valence-electron chi connectivity index (χ2n) is 16.3. The molecule has 19 nitrogen and oxygen atoms in total. The highest BCUT2D eigenvalue weighted by molar-refractivity contribution is 5.77. The summed E-state index contributed by atoms with van der Waals surface area (Å²) in [6, 6.07) is 25.3. The lowest BCUT2D eigenvalue weighted by atomic mass is 9.80. The Bertz CT molecular complexity index is 1700. The van der Waals surface area contributed by atoms with Gasteiger partial charge in [-0.05, 0) is 47.4 Å². The Morgan fingerprint density at radius 3 is 1.14 bits per heavy atom. The average molecular weight is 1020 g/mol. The molecular weight excluding hydrogens is 937 g/mol. The Labute approximate surface area is 426 Å². The van der Waals surface area contributed by atoms with Crippen LogP contribution in [0.1, 0.15) is 29.5 Å². The Morgan fingerprint density at radius 1 is 0.486 bits per heavy atom. The van der Waals surface area contributed by atoms with Crippen molar-refractivity contribution in [2.45, 2.75) is 30.6 Å². The largest absolute Gasteiger partial charge is 0.497 e. The molecule has 0 bridgehead atoms. The molecule has 1 fully saturated rings. The van der Waals surface area contributed by atoms with Gasteiger partial charge >= 0.3 is 0 Å². The lowest BCUT2D eigenvalue weighted by Gasteiger charge is -2.38. The molecule has 4 rings (SSSR count).